The molecule has 0 aromatic carbocycles. The molecule has 7 nitrogen and oxygen atoms in total. The average molecular weight is 537 g/mol. The van der Waals surface area contributed by atoms with E-state index in [1.165, 1.54) is 11.8 Å². The van der Waals surface area contributed by atoms with Crippen LogP contribution in [0.4, 0.5) is 18.0 Å². The van der Waals surface area contributed by atoms with Crippen LogP contribution in [0.5, 0.6) is 0 Å². The highest BCUT2D eigenvalue weighted by molar-refractivity contribution is 14.0. The van der Waals surface area contributed by atoms with Crippen molar-refractivity contribution in [1.29, 1.82) is 0 Å². The summed E-state index contributed by atoms with van der Waals surface area (Å²) in [5.41, 5.74) is 0. The average Bonchev–Trinajstić information content (AvgIpc) is 2.61. The maximum absolute atomic E-state index is 12.9. The second kappa shape index (κ2) is 13.3. The van der Waals surface area contributed by atoms with E-state index in [0.717, 1.165) is 6.42 Å². The largest absolute Gasteiger partial charge is 0.450 e. The van der Waals surface area contributed by atoms with Gasteiger partial charge < -0.3 is 20.3 Å². The third-order valence-electron chi connectivity index (χ3n) is 4.71. The van der Waals surface area contributed by atoms with E-state index in [1.54, 1.807) is 14.0 Å². The molecule has 1 fully saturated rings. The topological polar surface area (TPSA) is 69.2 Å². The van der Waals surface area contributed by atoms with Gasteiger partial charge in [-0.2, -0.15) is 13.2 Å². The summed E-state index contributed by atoms with van der Waals surface area (Å²) in [6.45, 7) is 9.39. The Morgan fingerprint density at radius 2 is 1.76 bits per heavy atom. The normalized spacial score (nSPS) is 18.1. The fraction of sp³-hybridized carbons (Fsp3) is 0.889. The zero-order valence-corrected chi connectivity index (χ0v) is 20.2. The van der Waals surface area contributed by atoms with E-state index in [9.17, 15) is 18.0 Å². The van der Waals surface area contributed by atoms with Crippen molar-refractivity contribution in [1.82, 2.24) is 20.4 Å². The predicted molar refractivity (Wildman–Crippen MR) is 119 cm³/mol. The van der Waals surface area contributed by atoms with Gasteiger partial charge in [0.15, 0.2) is 5.96 Å². The number of alkyl halides is 3. The second-order valence-electron chi connectivity index (χ2n) is 7.36. The molecule has 0 aromatic rings. The van der Waals surface area contributed by atoms with Crippen LogP contribution in [0.25, 0.3) is 0 Å². The van der Waals surface area contributed by atoms with E-state index in [-0.39, 0.29) is 30.0 Å². The van der Waals surface area contributed by atoms with Crippen molar-refractivity contribution in [3.05, 3.63) is 0 Å². The lowest BCUT2D eigenvalue weighted by Crippen LogP contribution is -2.57. The van der Waals surface area contributed by atoms with E-state index in [4.69, 9.17) is 4.74 Å². The van der Waals surface area contributed by atoms with Gasteiger partial charge in [0.25, 0.3) is 0 Å². The van der Waals surface area contributed by atoms with Crippen LogP contribution in [-0.2, 0) is 4.74 Å². The molecule has 0 spiro atoms. The number of nitrogens with zero attached hydrogens (tertiary/aromatic N) is 3. The number of hydrogen-bond donors (Lipinski definition) is 2. The Bertz CT molecular complexity index is 512. The number of hydrogen-bond acceptors (Lipinski definition) is 4. The Balaban J connectivity index is 0.00000784. The fourth-order valence-corrected chi connectivity index (χ4v) is 3.18. The van der Waals surface area contributed by atoms with Crippen molar-refractivity contribution in [2.24, 2.45) is 10.9 Å². The number of carbonyl (C=O) groups is 1. The molecule has 1 heterocycles. The van der Waals surface area contributed by atoms with E-state index < -0.39 is 18.3 Å². The number of aliphatic imine (C=N–C) groups is 1. The van der Waals surface area contributed by atoms with Crippen LogP contribution in [0.2, 0.25) is 0 Å². The highest BCUT2D eigenvalue weighted by Gasteiger charge is 2.41. The molecule has 0 bridgehead atoms. The van der Waals surface area contributed by atoms with Gasteiger partial charge in [-0.3, -0.25) is 9.89 Å². The number of guanidine groups is 1. The van der Waals surface area contributed by atoms with Gasteiger partial charge in [-0.1, -0.05) is 13.8 Å². The first-order chi connectivity index (χ1) is 13.1. The molecule has 2 atom stereocenters. The maximum atomic E-state index is 12.9. The van der Waals surface area contributed by atoms with Crippen LogP contribution in [0.15, 0.2) is 4.99 Å². The monoisotopic (exact) mass is 537 g/mol. The molecule has 0 aliphatic carbocycles. The lowest BCUT2D eigenvalue weighted by Gasteiger charge is -2.39. The first-order valence-electron chi connectivity index (χ1n) is 9.78. The van der Waals surface area contributed by atoms with Crippen LogP contribution >= 0.6 is 24.0 Å². The van der Waals surface area contributed by atoms with Gasteiger partial charge in [-0.05, 0) is 26.2 Å². The molecular weight excluding hydrogens is 502 g/mol. The van der Waals surface area contributed by atoms with E-state index in [2.05, 4.69) is 29.5 Å². The third kappa shape index (κ3) is 10.1. The first-order valence-corrected chi connectivity index (χ1v) is 9.78. The molecule has 0 radical (unpaired) electrons. The Hall–Kier alpha value is -0.980. The number of rotatable bonds is 7. The summed E-state index contributed by atoms with van der Waals surface area (Å²) >= 11 is 0. The van der Waals surface area contributed by atoms with Crippen LogP contribution in [0.1, 0.15) is 34.1 Å². The Morgan fingerprint density at radius 1 is 1.17 bits per heavy atom. The minimum Gasteiger partial charge on any atom is -0.450 e. The van der Waals surface area contributed by atoms with Gasteiger partial charge in [0.05, 0.1) is 6.61 Å². The second-order valence-corrected chi connectivity index (χ2v) is 7.36. The van der Waals surface area contributed by atoms with Gasteiger partial charge in [0.1, 0.15) is 6.04 Å². The summed E-state index contributed by atoms with van der Waals surface area (Å²) in [4.78, 5) is 19.4. The molecule has 1 aliphatic heterocycles. The smallest absolute Gasteiger partial charge is 0.407 e. The third-order valence-corrected chi connectivity index (χ3v) is 4.71. The molecule has 11 heteroatoms. The molecule has 172 valence electrons. The highest BCUT2D eigenvalue weighted by atomic mass is 127. The number of nitrogens with one attached hydrogen (secondary N) is 2. The Morgan fingerprint density at radius 3 is 2.21 bits per heavy atom. The summed E-state index contributed by atoms with van der Waals surface area (Å²) < 4.78 is 43.6. The lowest BCUT2D eigenvalue weighted by atomic mass is 10.0. The van der Waals surface area contributed by atoms with E-state index >= 15 is 0 Å². The van der Waals surface area contributed by atoms with Gasteiger partial charge in [0.2, 0.25) is 0 Å². The molecule has 29 heavy (non-hydrogen) atoms. The minimum atomic E-state index is -4.22. The van der Waals surface area contributed by atoms with Gasteiger partial charge in [-0.25, -0.2) is 4.79 Å². The Kier molecular flexibility index (Phi) is 12.9. The van der Waals surface area contributed by atoms with Crippen LogP contribution in [-0.4, -0.2) is 86.5 Å². The molecule has 0 saturated carbocycles. The minimum absolute atomic E-state index is 0. The number of halogens is 4. The quantitative estimate of drug-likeness (QED) is 0.297. The van der Waals surface area contributed by atoms with Crippen LogP contribution in [0, 0.1) is 5.92 Å². The van der Waals surface area contributed by atoms with Crippen LogP contribution < -0.4 is 10.6 Å². The predicted octanol–water partition coefficient (Wildman–Crippen LogP) is 2.91. The molecule has 0 aromatic heterocycles. The number of ether oxygens (including phenoxy) is 1. The molecule has 2 N–H and O–H groups in total. The standard InChI is InChI=1S/C18H34F3N5O2.HI/c1-6-28-17(27)24-15(11-13(2)3)12-23-16(22-5)26-9-7-25(8-10-26)14(4)18(19,20)21;/h13-15H,6-12H2,1-5H3,(H,22,23)(H,24,27);1H. The van der Waals surface area contributed by atoms with Crippen molar-refractivity contribution in [3.63, 3.8) is 0 Å². The number of amides is 1. The molecule has 1 saturated heterocycles. The number of alkyl carbamates (subject to hydrolysis) is 1. The van der Waals surface area contributed by atoms with Gasteiger partial charge >= 0.3 is 12.3 Å². The summed E-state index contributed by atoms with van der Waals surface area (Å²) in [7, 11) is 1.64. The summed E-state index contributed by atoms with van der Waals surface area (Å²) in [6, 6.07) is -1.59. The zero-order chi connectivity index (χ0) is 21.3. The number of carbonyl (C=O) groups excluding carboxylic acids is 1. The van der Waals surface area contributed by atoms with E-state index in [1.807, 2.05) is 4.90 Å². The fourth-order valence-electron chi connectivity index (χ4n) is 3.18. The SMILES string of the molecule is CCOC(=O)NC(CNC(=NC)N1CCN(C(C)C(F)(F)F)CC1)CC(C)C.I. The molecule has 1 aliphatic rings. The van der Waals surface area contributed by atoms with Crippen molar-refractivity contribution in [2.45, 2.75) is 52.4 Å². The maximum Gasteiger partial charge on any atom is 0.407 e. The molecule has 2 unspecified atom stereocenters. The summed E-state index contributed by atoms with van der Waals surface area (Å²) in [6.07, 6.45) is -3.91. The molecule has 1 amide bonds. The molecule has 1 rings (SSSR count). The molecular formula is C18H35F3IN5O2. The van der Waals surface area contributed by atoms with Crippen molar-refractivity contribution in [3.8, 4) is 0 Å². The highest BCUT2D eigenvalue weighted by Crippen LogP contribution is 2.25. The number of piperazine rings is 1. The Labute approximate surface area is 188 Å². The van der Waals surface area contributed by atoms with E-state index in [0.29, 0.717) is 51.2 Å². The van der Waals surface area contributed by atoms with Crippen LogP contribution in [0.3, 0.4) is 0 Å². The lowest BCUT2D eigenvalue weighted by molar-refractivity contribution is -0.181. The summed E-state index contributed by atoms with van der Waals surface area (Å²) in [5, 5.41) is 6.07. The summed E-state index contributed by atoms with van der Waals surface area (Å²) in [5.74, 6) is 1.00. The zero-order valence-electron chi connectivity index (χ0n) is 17.9. The van der Waals surface area contributed by atoms with Crippen molar-refractivity contribution in [2.75, 3.05) is 46.4 Å². The van der Waals surface area contributed by atoms with Crippen molar-refractivity contribution < 1.29 is 22.7 Å². The van der Waals surface area contributed by atoms with Gasteiger partial charge in [-0.15, -0.1) is 24.0 Å². The first kappa shape index (κ1) is 28.0. The van der Waals surface area contributed by atoms with Crippen molar-refractivity contribution >= 4 is 36.0 Å². The van der Waals surface area contributed by atoms with Gasteiger partial charge in [0, 0.05) is 45.8 Å².